The molecule has 0 N–H and O–H groups in total. The van der Waals surface area contributed by atoms with E-state index in [9.17, 15) is 0 Å². The van der Waals surface area contributed by atoms with Crippen LogP contribution in [0.2, 0.25) is 0 Å². The van der Waals surface area contributed by atoms with Gasteiger partial charge in [0.1, 0.15) is 0 Å². The summed E-state index contributed by atoms with van der Waals surface area (Å²) >= 11 is 0. The monoisotopic (exact) mass is 430 g/mol. The molecule has 0 spiro atoms. The first-order chi connectivity index (χ1) is 7.22. The van der Waals surface area contributed by atoms with E-state index in [0.29, 0.717) is 18.4 Å². The molecule has 17 heavy (non-hydrogen) atoms. The molecule has 2 fully saturated rings. The fraction of sp³-hybridized carbons (Fsp3) is 0.833. The van der Waals surface area contributed by atoms with Crippen LogP contribution in [0.1, 0.15) is 13.8 Å². The Hall–Kier alpha value is 0.998. The summed E-state index contributed by atoms with van der Waals surface area (Å²) in [6.45, 7) is 9.12. The van der Waals surface area contributed by atoms with Crippen molar-refractivity contribution in [2.45, 2.75) is 32.3 Å². The van der Waals surface area contributed by atoms with E-state index >= 15 is 0 Å². The van der Waals surface area contributed by atoms with Gasteiger partial charge in [0.2, 0.25) is 0 Å². The fourth-order valence-electron chi connectivity index (χ4n) is 2.29. The minimum absolute atomic E-state index is 0. The van der Waals surface area contributed by atoms with E-state index in [1.54, 1.807) is 0 Å². The molecular formula is C12H23O3PW. The van der Waals surface area contributed by atoms with Crippen LogP contribution in [0.25, 0.3) is 0 Å². The van der Waals surface area contributed by atoms with Crippen LogP contribution in [-0.2, 0) is 35.3 Å². The van der Waals surface area contributed by atoms with Gasteiger partial charge < -0.3 is 21.6 Å². The molecule has 2 rings (SSSR count). The first-order valence-electron chi connectivity index (χ1n) is 5.63. The number of hydrogen-bond acceptors (Lipinski definition) is 3. The van der Waals surface area contributed by atoms with Crippen molar-refractivity contribution in [2.24, 2.45) is 11.8 Å². The molecule has 2 heterocycles. The van der Waals surface area contributed by atoms with E-state index in [1.807, 2.05) is 13.5 Å². The summed E-state index contributed by atoms with van der Waals surface area (Å²) in [6, 6.07) is 0. The van der Waals surface area contributed by atoms with Crippen molar-refractivity contribution in [2.75, 3.05) is 19.4 Å². The summed E-state index contributed by atoms with van der Waals surface area (Å²) in [5, 5.41) is 0. The first-order valence-corrected chi connectivity index (χ1v) is 7.33. The van der Waals surface area contributed by atoms with Crippen LogP contribution in [0.3, 0.4) is 0 Å². The molecule has 2 saturated heterocycles. The number of ether oxygens (including phenoxy) is 3. The van der Waals surface area contributed by atoms with Crippen LogP contribution < -0.4 is 0 Å². The van der Waals surface area contributed by atoms with Gasteiger partial charge in [0.25, 0.3) is 0 Å². The van der Waals surface area contributed by atoms with Crippen molar-refractivity contribution >= 4 is 8.58 Å². The van der Waals surface area contributed by atoms with Crippen molar-refractivity contribution in [3.63, 3.8) is 0 Å². The van der Waals surface area contributed by atoms with Gasteiger partial charge in [0, 0.05) is 0 Å². The first kappa shape index (κ1) is 18.0. The van der Waals surface area contributed by atoms with Gasteiger partial charge in [0.15, 0.2) is 6.29 Å². The molecule has 0 amide bonds. The van der Waals surface area contributed by atoms with Crippen LogP contribution in [0.5, 0.6) is 0 Å². The van der Waals surface area contributed by atoms with Crippen molar-refractivity contribution in [1.29, 1.82) is 0 Å². The van der Waals surface area contributed by atoms with Gasteiger partial charge in [-0.25, -0.2) is 6.61 Å². The number of rotatable bonds is 2. The Balaban J connectivity index is 0.00000128. The van der Waals surface area contributed by atoms with Gasteiger partial charge in [-0.05, 0) is 19.5 Å². The van der Waals surface area contributed by atoms with E-state index in [-0.39, 0.29) is 47.0 Å². The molecule has 0 aliphatic carbocycles. The van der Waals surface area contributed by atoms with E-state index < -0.39 is 0 Å². The van der Waals surface area contributed by atoms with Gasteiger partial charge in [0.05, 0.1) is 18.8 Å². The summed E-state index contributed by atoms with van der Waals surface area (Å²) < 4.78 is 16.9. The molecule has 5 heteroatoms. The third-order valence-corrected chi connectivity index (χ3v) is 4.15. The number of fused-ring (bicyclic) bond motifs is 1. The average molecular weight is 430 g/mol. The van der Waals surface area contributed by atoms with E-state index in [4.69, 9.17) is 14.2 Å². The van der Waals surface area contributed by atoms with Gasteiger partial charge in [-0.2, -0.15) is 0 Å². The molecule has 6 unspecified atom stereocenters. The molecule has 0 aromatic carbocycles. The van der Waals surface area contributed by atoms with Crippen LogP contribution >= 0.6 is 8.58 Å². The van der Waals surface area contributed by atoms with Crippen molar-refractivity contribution in [3.8, 4) is 0 Å². The molecule has 0 saturated carbocycles. The molecule has 0 aromatic rings. The predicted molar refractivity (Wildman–Crippen MR) is 67.6 cm³/mol. The molecule has 0 bridgehead atoms. The molecule has 2 aliphatic rings. The SMILES string of the molecule is CPCC1[CH-]OC2COC(C)OC2C1C.[CH3-].[W+2]. The maximum Gasteiger partial charge on any atom is 2.00 e. The standard InChI is InChI=1S/C11H20O3P.CH3.W/c1-7-9(6-15-3)4-13-10-5-12-8(2)14-11(7)10;;/h4,7-11,15H,5-6H2,1-3H3;1H3;/q2*-1;+2. The van der Waals surface area contributed by atoms with Gasteiger partial charge >= 0.3 is 21.1 Å². The summed E-state index contributed by atoms with van der Waals surface area (Å²) in [5.74, 6) is 1.09. The van der Waals surface area contributed by atoms with Gasteiger partial charge in [-0.3, -0.25) is 0 Å². The summed E-state index contributed by atoms with van der Waals surface area (Å²) in [7, 11) is 0.972. The Kier molecular flexibility index (Phi) is 8.71. The zero-order valence-corrected chi connectivity index (χ0v) is 14.9. The average Bonchev–Trinajstić information content (AvgIpc) is 2.23. The summed E-state index contributed by atoms with van der Waals surface area (Å²) in [6.07, 6.45) is 1.44. The maximum atomic E-state index is 5.81. The fourth-order valence-corrected chi connectivity index (χ4v) is 3.23. The van der Waals surface area contributed by atoms with Crippen molar-refractivity contribution in [3.05, 3.63) is 14.0 Å². The predicted octanol–water partition coefficient (Wildman–Crippen LogP) is 2.32. The Labute approximate surface area is 121 Å². The Morgan fingerprint density at radius 2 is 2.06 bits per heavy atom. The Morgan fingerprint density at radius 1 is 1.35 bits per heavy atom. The van der Waals surface area contributed by atoms with E-state index in [2.05, 4.69) is 13.6 Å². The van der Waals surface area contributed by atoms with Crippen molar-refractivity contribution < 1.29 is 35.3 Å². The van der Waals surface area contributed by atoms with Crippen LogP contribution in [0, 0.1) is 25.9 Å². The summed E-state index contributed by atoms with van der Waals surface area (Å²) in [4.78, 5) is 0. The minimum atomic E-state index is -0.0832. The van der Waals surface area contributed by atoms with Crippen molar-refractivity contribution in [1.82, 2.24) is 0 Å². The maximum absolute atomic E-state index is 5.81. The van der Waals surface area contributed by atoms with E-state index in [0.717, 1.165) is 8.58 Å². The third-order valence-electron chi connectivity index (χ3n) is 3.27. The normalized spacial score (nSPS) is 41.5. The van der Waals surface area contributed by atoms with Gasteiger partial charge in [-0.15, -0.1) is 14.5 Å². The van der Waals surface area contributed by atoms with Gasteiger partial charge in [-0.1, -0.05) is 13.1 Å². The topological polar surface area (TPSA) is 27.7 Å². The molecular weight excluding hydrogens is 407 g/mol. The molecule has 6 atom stereocenters. The molecule has 3 nitrogen and oxygen atoms in total. The number of hydrogen-bond donors (Lipinski definition) is 0. The van der Waals surface area contributed by atoms with Crippen LogP contribution in [0.15, 0.2) is 0 Å². The zero-order valence-electron chi connectivity index (χ0n) is 11.0. The minimum Gasteiger partial charge on any atom is -0.546 e. The Bertz CT molecular complexity index is 218. The second-order valence-electron chi connectivity index (χ2n) is 4.39. The zero-order chi connectivity index (χ0) is 10.8. The molecule has 0 aromatic heterocycles. The summed E-state index contributed by atoms with van der Waals surface area (Å²) in [5.41, 5.74) is 0. The molecule has 0 radical (unpaired) electrons. The second kappa shape index (κ2) is 8.23. The largest absolute Gasteiger partial charge is 2.00 e. The molecule has 2 aliphatic heterocycles. The quantitative estimate of drug-likeness (QED) is 0.498. The van der Waals surface area contributed by atoms with Crippen LogP contribution in [-0.4, -0.2) is 37.9 Å². The smallest absolute Gasteiger partial charge is 0.546 e. The third kappa shape index (κ3) is 4.25. The Morgan fingerprint density at radius 3 is 2.71 bits per heavy atom. The second-order valence-corrected chi connectivity index (χ2v) is 5.51. The van der Waals surface area contributed by atoms with Crippen LogP contribution in [0.4, 0.5) is 0 Å². The molecule has 100 valence electrons. The van der Waals surface area contributed by atoms with E-state index in [1.165, 1.54) is 6.16 Å².